The van der Waals surface area contributed by atoms with Crippen LogP contribution in [-0.2, 0) is 11.8 Å². The Morgan fingerprint density at radius 3 is 2.94 bits per heavy atom. The predicted molar refractivity (Wildman–Crippen MR) is 67.2 cm³/mol. The SMILES string of the molecule is CCOC(=O)c1cc(-c2csc(C)n2)cn1C. The van der Waals surface area contributed by atoms with Crippen LogP contribution in [0.25, 0.3) is 11.3 Å². The lowest BCUT2D eigenvalue weighted by atomic mass is 10.2. The summed E-state index contributed by atoms with van der Waals surface area (Å²) in [5, 5.41) is 3.00. The third-order valence-corrected chi connectivity index (χ3v) is 3.18. The van der Waals surface area contributed by atoms with Crippen LogP contribution in [0.4, 0.5) is 0 Å². The highest BCUT2D eigenvalue weighted by Crippen LogP contribution is 2.23. The second-order valence-electron chi connectivity index (χ2n) is 3.70. The van der Waals surface area contributed by atoms with Gasteiger partial charge in [-0.05, 0) is 19.9 Å². The van der Waals surface area contributed by atoms with E-state index in [0.29, 0.717) is 12.3 Å². The smallest absolute Gasteiger partial charge is 0.354 e. The van der Waals surface area contributed by atoms with E-state index in [0.717, 1.165) is 16.3 Å². The average molecular weight is 250 g/mol. The van der Waals surface area contributed by atoms with Crippen LogP contribution in [0.1, 0.15) is 22.4 Å². The monoisotopic (exact) mass is 250 g/mol. The number of aromatic nitrogens is 2. The summed E-state index contributed by atoms with van der Waals surface area (Å²) >= 11 is 1.60. The number of ether oxygens (including phenoxy) is 1. The van der Waals surface area contributed by atoms with E-state index in [1.165, 1.54) is 0 Å². The minimum atomic E-state index is -0.298. The molecule has 2 aromatic heterocycles. The highest BCUT2D eigenvalue weighted by Gasteiger charge is 2.14. The maximum atomic E-state index is 11.7. The Morgan fingerprint density at radius 1 is 1.59 bits per heavy atom. The number of rotatable bonds is 3. The quantitative estimate of drug-likeness (QED) is 0.787. The largest absolute Gasteiger partial charge is 0.461 e. The van der Waals surface area contributed by atoms with E-state index < -0.39 is 0 Å². The number of aryl methyl sites for hydroxylation is 2. The number of hydrogen-bond acceptors (Lipinski definition) is 4. The van der Waals surface area contributed by atoms with Gasteiger partial charge in [0.05, 0.1) is 17.3 Å². The van der Waals surface area contributed by atoms with Crippen molar-refractivity contribution in [1.29, 1.82) is 0 Å². The van der Waals surface area contributed by atoms with Gasteiger partial charge in [-0.3, -0.25) is 0 Å². The minimum Gasteiger partial charge on any atom is -0.461 e. The molecule has 0 radical (unpaired) electrons. The molecule has 0 amide bonds. The zero-order valence-corrected chi connectivity index (χ0v) is 10.9. The van der Waals surface area contributed by atoms with Crippen molar-refractivity contribution < 1.29 is 9.53 Å². The van der Waals surface area contributed by atoms with Crippen molar-refractivity contribution in [3.05, 3.63) is 28.3 Å². The standard InChI is InChI=1S/C12H14N2O2S/c1-4-16-12(15)11-5-9(6-14(11)3)10-7-17-8(2)13-10/h5-7H,4H2,1-3H3. The Bertz CT molecular complexity index is 542. The van der Waals surface area contributed by atoms with Crippen LogP contribution < -0.4 is 0 Å². The number of carbonyl (C=O) groups excluding carboxylic acids is 1. The first-order valence-corrected chi connectivity index (χ1v) is 6.25. The summed E-state index contributed by atoms with van der Waals surface area (Å²) < 4.78 is 6.75. The van der Waals surface area contributed by atoms with Gasteiger partial charge < -0.3 is 9.30 Å². The maximum Gasteiger partial charge on any atom is 0.354 e. The van der Waals surface area contributed by atoms with Gasteiger partial charge in [0, 0.05) is 24.2 Å². The highest BCUT2D eigenvalue weighted by atomic mass is 32.1. The average Bonchev–Trinajstić information content (AvgIpc) is 2.85. The summed E-state index contributed by atoms with van der Waals surface area (Å²) in [6.07, 6.45) is 1.89. The second-order valence-corrected chi connectivity index (χ2v) is 4.76. The van der Waals surface area contributed by atoms with Crippen molar-refractivity contribution in [2.24, 2.45) is 7.05 Å². The molecule has 0 N–H and O–H groups in total. The Kier molecular flexibility index (Phi) is 3.28. The number of carbonyl (C=O) groups is 1. The van der Waals surface area contributed by atoms with Gasteiger partial charge in [0.2, 0.25) is 0 Å². The van der Waals surface area contributed by atoms with Gasteiger partial charge in [0.15, 0.2) is 0 Å². The first-order chi connectivity index (χ1) is 8.11. The van der Waals surface area contributed by atoms with Gasteiger partial charge in [-0.15, -0.1) is 11.3 Å². The molecule has 17 heavy (non-hydrogen) atoms. The highest BCUT2D eigenvalue weighted by molar-refractivity contribution is 7.09. The van der Waals surface area contributed by atoms with Gasteiger partial charge in [0.1, 0.15) is 5.69 Å². The Labute approximate surface area is 104 Å². The summed E-state index contributed by atoms with van der Waals surface area (Å²) in [5.74, 6) is -0.298. The van der Waals surface area contributed by atoms with Crippen LogP contribution in [0, 0.1) is 6.92 Å². The fraction of sp³-hybridized carbons (Fsp3) is 0.333. The number of nitrogens with zero attached hydrogens (tertiary/aromatic N) is 2. The molecule has 0 aromatic carbocycles. The van der Waals surface area contributed by atoms with Crippen LogP contribution in [0.2, 0.25) is 0 Å². The molecular formula is C12H14N2O2S. The van der Waals surface area contributed by atoms with E-state index in [1.807, 2.05) is 31.6 Å². The topological polar surface area (TPSA) is 44.1 Å². The Morgan fingerprint density at radius 2 is 2.35 bits per heavy atom. The predicted octanol–water partition coefficient (Wildman–Crippen LogP) is 2.63. The summed E-state index contributed by atoms with van der Waals surface area (Å²) in [7, 11) is 1.83. The lowest BCUT2D eigenvalue weighted by Gasteiger charge is -2.01. The zero-order valence-electron chi connectivity index (χ0n) is 10.1. The molecule has 0 unspecified atom stereocenters. The molecule has 90 valence electrons. The number of thiazole rings is 1. The van der Waals surface area contributed by atoms with Crippen molar-refractivity contribution in [1.82, 2.24) is 9.55 Å². The zero-order chi connectivity index (χ0) is 12.4. The van der Waals surface area contributed by atoms with E-state index >= 15 is 0 Å². The van der Waals surface area contributed by atoms with Gasteiger partial charge in [-0.1, -0.05) is 0 Å². The maximum absolute atomic E-state index is 11.7. The van der Waals surface area contributed by atoms with E-state index in [-0.39, 0.29) is 5.97 Å². The number of hydrogen-bond donors (Lipinski definition) is 0. The molecule has 0 spiro atoms. The lowest BCUT2D eigenvalue weighted by molar-refractivity contribution is 0.0515. The molecule has 0 saturated heterocycles. The Balaban J connectivity index is 2.33. The van der Waals surface area contributed by atoms with Crippen LogP contribution in [0.3, 0.4) is 0 Å². The first-order valence-electron chi connectivity index (χ1n) is 5.37. The van der Waals surface area contributed by atoms with Crippen molar-refractivity contribution in [3.63, 3.8) is 0 Å². The molecule has 4 nitrogen and oxygen atoms in total. The van der Waals surface area contributed by atoms with Crippen LogP contribution in [-0.4, -0.2) is 22.1 Å². The van der Waals surface area contributed by atoms with Crippen molar-refractivity contribution in [2.75, 3.05) is 6.61 Å². The minimum absolute atomic E-state index is 0.298. The van der Waals surface area contributed by atoms with E-state index in [2.05, 4.69) is 4.98 Å². The second kappa shape index (κ2) is 4.71. The fourth-order valence-electron chi connectivity index (χ4n) is 1.61. The third-order valence-electron chi connectivity index (χ3n) is 2.40. The molecule has 0 aliphatic heterocycles. The summed E-state index contributed by atoms with van der Waals surface area (Å²) in [6, 6.07) is 1.81. The molecule has 0 bridgehead atoms. The van der Waals surface area contributed by atoms with Crippen LogP contribution in [0.15, 0.2) is 17.6 Å². The molecular weight excluding hydrogens is 236 g/mol. The van der Waals surface area contributed by atoms with E-state index in [4.69, 9.17) is 4.74 Å². The first kappa shape index (κ1) is 11.9. The van der Waals surface area contributed by atoms with Crippen LogP contribution >= 0.6 is 11.3 Å². The summed E-state index contributed by atoms with van der Waals surface area (Å²) in [4.78, 5) is 16.0. The molecule has 0 aliphatic carbocycles. The fourth-order valence-corrected chi connectivity index (χ4v) is 2.23. The van der Waals surface area contributed by atoms with Gasteiger partial charge in [0.25, 0.3) is 0 Å². The molecule has 0 aliphatic rings. The number of esters is 1. The third kappa shape index (κ3) is 2.39. The van der Waals surface area contributed by atoms with E-state index in [9.17, 15) is 4.79 Å². The van der Waals surface area contributed by atoms with Gasteiger partial charge in [-0.2, -0.15) is 0 Å². The molecule has 0 fully saturated rings. The Hall–Kier alpha value is -1.62. The van der Waals surface area contributed by atoms with Crippen LogP contribution in [0.5, 0.6) is 0 Å². The van der Waals surface area contributed by atoms with Gasteiger partial charge >= 0.3 is 5.97 Å². The van der Waals surface area contributed by atoms with Crippen molar-refractivity contribution in [3.8, 4) is 11.3 Å². The molecule has 2 heterocycles. The molecule has 0 atom stereocenters. The molecule has 2 aromatic rings. The molecule has 0 saturated carbocycles. The van der Waals surface area contributed by atoms with E-state index in [1.54, 1.807) is 22.8 Å². The molecule has 2 rings (SSSR count). The normalized spacial score (nSPS) is 10.5. The van der Waals surface area contributed by atoms with Crippen molar-refractivity contribution >= 4 is 17.3 Å². The van der Waals surface area contributed by atoms with Crippen molar-refractivity contribution in [2.45, 2.75) is 13.8 Å². The summed E-state index contributed by atoms with van der Waals surface area (Å²) in [5.41, 5.74) is 2.39. The lowest BCUT2D eigenvalue weighted by Crippen LogP contribution is -2.08. The summed E-state index contributed by atoms with van der Waals surface area (Å²) in [6.45, 7) is 4.14. The van der Waals surface area contributed by atoms with Gasteiger partial charge in [-0.25, -0.2) is 9.78 Å². The molecule has 5 heteroatoms.